The van der Waals surface area contributed by atoms with Crippen LogP contribution in [-0.4, -0.2) is 70.5 Å². The lowest BCUT2D eigenvalue weighted by Gasteiger charge is -2.16. The van der Waals surface area contributed by atoms with Gasteiger partial charge in [-0.05, 0) is 31.0 Å². The van der Waals surface area contributed by atoms with Gasteiger partial charge in [0, 0.05) is 13.0 Å². The molecule has 0 radical (unpaired) electrons. The number of hydrogen-bond acceptors (Lipinski definition) is 9. The molecule has 7 N–H and O–H groups in total. The van der Waals surface area contributed by atoms with Crippen LogP contribution in [0.3, 0.4) is 0 Å². The quantitative estimate of drug-likeness (QED) is 0.197. The fourth-order valence-electron chi connectivity index (χ4n) is 4.10. The number of carbonyl (C=O) groups excluding carboxylic acids is 1. The number of rotatable bonds is 6. The summed E-state index contributed by atoms with van der Waals surface area (Å²) >= 11 is 0. The van der Waals surface area contributed by atoms with Gasteiger partial charge in [0.2, 0.25) is 5.95 Å². The van der Waals surface area contributed by atoms with Crippen LogP contribution in [0.25, 0.3) is 22.2 Å². The average molecular weight is 468 g/mol. The topological polar surface area (TPSA) is 197 Å². The van der Waals surface area contributed by atoms with Crippen molar-refractivity contribution in [2.24, 2.45) is 0 Å². The highest BCUT2D eigenvalue weighted by Crippen LogP contribution is 2.31. The number of aryl methyl sites for hydroxylation is 2. The van der Waals surface area contributed by atoms with Crippen LogP contribution in [0.4, 0.5) is 5.95 Å². The van der Waals surface area contributed by atoms with Gasteiger partial charge in [0.1, 0.15) is 18.0 Å². The second kappa shape index (κ2) is 8.52. The van der Waals surface area contributed by atoms with E-state index in [9.17, 15) is 19.8 Å². The number of nitrogens with two attached hydrogens (primary N) is 1. The number of aliphatic hydroxyl groups excluding tert-OH is 2. The molecular formula is C21H24N8O5. The molecule has 34 heavy (non-hydrogen) atoms. The highest BCUT2D eigenvalue weighted by molar-refractivity contribution is 5.82. The average Bonchev–Trinajstić information content (AvgIpc) is 3.47. The van der Waals surface area contributed by atoms with Gasteiger partial charge in [-0.3, -0.25) is 19.1 Å². The fraction of sp³-hybridized carbons (Fsp3) is 0.381. The van der Waals surface area contributed by atoms with Crippen LogP contribution in [0.2, 0.25) is 0 Å². The molecule has 4 heterocycles. The largest absolute Gasteiger partial charge is 0.387 e. The summed E-state index contributed by atoms with van der Waals surface area (Å²) in [6.07, 6.45) is -2.96. The lowest BCUT2D eigenvalue weighted by Crippen LogP contribution is -2.43. The van der Waals surface area contributed by atoms with Crippen molar-refractivity contribution in [3.8, 4) is 0 Å². The van der Waals surface area contributed by atoms with Gasteiger partial charge in [0.15, 0.2) is 23.5 Å². The number of H-pyrrole nitrogens is 2. The van der Waals surface area contributed by atoms with Crippen LogP contribution in [-0.2, 0) is 16.0 Å². The van der Waals surface area contributed by atoms with Crippen molar-refractivity contribution < 1.29 is 19.7 Å². The van der Waals surface area contributed by atoms with Gasteiger partial charge in [-0.1, -0.05) is 6.07 Å². The Hall–Kier alpha value is -3.81. The Morgan fingerprint density at radius 3 is 2.91 bits per heavy atom. The van der Waals surface area contributed by atoms with Gasteiger partial charge >= 0.3 is 0 Å². The number of amides is 1. The molecule has 1 aliphatic heterocycles. The molecule has 0 aliphatic carbocycles. The molecule has 1 fully saturated rings. The number of imidazole rings is 2. The number of aromatic nitrogens is 6. The van der Waals surface area contributed by atoms with Crippen LogP contribution in [0.5, 0.6) is 0 Å². The van der Waals surface area contributed by atoms with E-state index in [4.69, 9.17) is 10.5 Å². The summed E-state index contributed by atoms with van der Waals surface area (Å²) in [5.74, 6) is 0.112. The fourth-order valence-corrected chi connectivity index (χ4v) is 4.10. The predicted octanol–water partition coefficient (Wildman–Crippen LogP) is -0.745. The Balaban J connectivity index is 1.21. The maximum atomic E-state index is 12.6. The van der Waals surface area contributed by atoms with Crippen molar-refractivity contribution >= 4 is 34.1 Å². The third-order valence-corrected chi connectivity index (χ3v) is 5.80. The summed E-state index contributed by atoms with van der Waals surface area (Å²) in [4.78, 5) is 42.7. The Bertz CT molecular complexity index is 1430. The molecule has 0 unspecified atom stereocenters. The summed E-state index contributed by atoms with van der Waals surface area (Å²) in [7, 11) is 0. The van der Waals surface area contributed by atoms with Crippen LogP contribution < -0.4 is 16.6 Å². The van der Waals surface area contributed by atoms with E-state index < -0.39 is 36.0 Å². The number of fused-ring (bicyclic) bond motifs is 2. The molecule has 1 aromatic carbocycles. The molecule has 0 bridgehead atoms. The van der Waals surface area contributed by atoms with Crippen LogP contribution in [0.1, 0.15) is 24.0 Å². The second-order valence-corrected chi connectivity index (χ2v) is 8.30. The molecule has 3 aromatic heterocycles. The Morgan fingerprint density at radius 2 is 2.09 bits per heavy atom. The number of carbonyl (C=O) groups is 1. The van der Waals surface area contributed by atoms with Crippen molar-refractivity contribution in [2.75, 3.05) is 12.3 Å². The highest BCUT2D eigenvalue weighted by atomic mass is 16.6. The normalized spacial score (nSPS) is 22.6. The molecule has 13 nitrogen and oxygen atoms in total. The van der Waals surface area contributed by atoms with E-state index >= 15 is 0 Å². The Labute approximate surface area is 192 Å². The lowest BCUT2D eigenvalue weighted by atomic mass is 10.1. The standard InChI is InChI=1S/C21H24N8O5/c1-9-4-5-10-11(7-9)26-12(25-10)3-2-6-23-19(33)16-14(30)15(31)20(34-16)29-8-24-13-17(29)27-21(22)28-18(13)32/h4-5,7-8,14-16,20,30-31H,2-3,6H2,1H3,(H,23,33)(H,25,26)(H3,22,27,28,32)/t14-,15+,16-,20+/m0/s1. The van der Waals surface area contributed by atoms with Crippen LogP contribution in [0, 0.1) is 6.92 Å². The summed E-state index contributed by atoms with van der Waals surface area (Å²) in [6.45, 7) is 2.33. The van der Waals surface area contributed by atoms with Gasteiger partial charge in [0.25, 0.3) is 11.5 Å². The smallest absolute Gasteiger partial charge is 0.280 e. The van der Waals surface area contributed by atoms with E-state index in [-0.39, 0.29) is 17.1 Å². The van der Waals surface area contributed by atoms with Crippen molar-refractivity contribution in [3.05, 3.63) is 46.3 Å². The maximum Gasteiger partial charge on any atom is 0.280 e. The molecule has 1 amide bonds. The number of anilines is 1. The molecule has 4 atom stereocenters. The molecule has 4 aromatic rings. The molecule has 1 saturated heterocycles. The first-order valence-electron chi connectivity index (χ1n) is 10.8. The minimum Gasteiger partial charge on any atom is -0.387 e. The van der Waals surface area contributed by atoms with Crippen LogP contribution >= 0.6 is 0 Å². The third kappa shape index (κ3) is 3.89. The van der Waals surface area contributed by atoms with Gasteiger partial charge in [0.05, 0.1) is 17.4 Å². The van der Waals surface area contributed by atoms with Crippen molar-refractivity contribution in [2.45, 2.75) is 44.3 Å². The summed E-state index contributed by atoms with van der Waals surface area (Å²) in [5.41, 5.74) is 8.10. The molecule has 178 valence electrons. The number of benzene rings is 1. The lowest BCUT2D eigenvalue weighted by molar-refractivity contribution is -0.137. The van der Waals surface area contributed by atoms with E-state index in [0.29, 0.717) is 19.4 Å². The predicted molar refractivity (Wildman–Crippen MR) is 121 cm³/mol. The molecule has 13 heteroatoms. The van der Waals surface area contributed by atoms with Crippen molar-refractivity contribution in [1.82, 2.24) is 34.8 Å². The first-order chi connectivity index (χ1) is 16.3. The number of hydrogen-bond donors (Lipinski definition) is 6. The number of aromatic amines is 2. The van der Waals surface area contributed by atoms with Crippen LogP contribution in [0.15, 0.2) is 29.3 Å². The second-order valence-electron chi connectivity index (χ2n) is 8.30. The molecule has 0 spiro atoms. The van der Waals surface area contributed by atoms with Crippen molar-refractivity contribution in [1.29, 1.82) is 0 Å². The Kier molecular flexibility index (Phi) is 5.51. The number of nitrogens with one attached hydrogen (secondary N) is 3. The number of ether oxygens (including phenoxy) is 1. The zero-order chi connectivity index (χ0) is 24.0. The minimum absolute atomic E-state index is 0.00635. The molecule has 1 aliphatic rings. The first-order valence-corrected chi connectivity index (χ1v) is 10.8. The van der Waals surface area contributed by atoms with Gasteiger partial charge < -0.3 is 31.0 Å². The van der Waals surface area contributed by atoms with E-state index in [0.717, 1.165) is 22.4 Å². The van der Waals surface area contributed by atoms with E-state index in [1.54, 1.807) is 0 Å². The SMILES string of the molecule is Cc1ccc2nc(CCCNC(=O)[C@H]3O[C@@H](n4cnc5c(=O)[nH]c(N)nc54)[C@H](O)[C@@H]3O)[nH]c2c1. The minimum atomic E-state index is -1.49. The monoisotopic (exact) mass is 468 g/mol. The third-order valence-electron chi connectivity index (χ3n) is 5.80. The molecule has 0 saturated carbocycles. The summed E-state index contributed by atoms with van der Waals surface area (Å²) in [6, 6.07) is 5.98. The van der Waals surface area contributed by atoms with E-state index in [1.807, 2.05) is 25.1 Å². The molecule has 5 rings (SSSR count). The van der Waals surface area contributed by atoms with Gasteiger partial charge in [-0.15, -0.1) is 0 Å². The van der Waals surface area contributed by atoms with Crippen molar-refractivity contribution in [3.63, 3.8) is 0 Å². The zero-order valence-electron chi connectivity index (χ0n) is 18.2. The van der Waals surface area contributed by atoms with E-state index in [2.05, 4.69) is 30.2 Å². The zero-order valence-corrected chi connectivity index (χ0v) is 18.2. The van der Waals surface area contributed by atoms with E-state index in [1.165, 1.54) is 10.9 Å². The number of aliphatic hydroxyl groups is 2. The maximum absolute atomic E-state index is 12.6. The summed E-state index contributed by atoms with van der Waals surface area (Å²) < 4.78 is 6.91. The Morgan fingerprint density at radius 1 is 1.26 bits per heavy atom. The van der Waals surface area contributed by atoms with Gasteiger partial charge in [-0.25, -0.2) is 9.97 Å². The highest BCUT2D eigenvalue weighted by Gasteiger charge is 2.47. The molecular weight excluding hydrogens is 444 g/mol. The number of nitrogens with zero attached hydrogens (tertiary/aromatic N) is 4. The summed E-state index contributed by atoms with van der Waals surface area (Å²) in [5, 5.41) is 23.6. The van der Waals surface area contributed by atoms with Gasteiger partial charge in [-0.2, -0.15) is 4.98 Å². The number of nitrogen functional groups attached to an aromatic ring is 1. The first kappa shape index (κ1) is 22.0.